The zero-order chi connectivity index (χ0) is 18.0. The van der Waals surface area contributed by atoms with Gasteiger partial charge < -0.3 is 10.2 Å². The maximum absolute atomic E-state index is 12.5. The number of halogens is 1. The Hall–Kier alpha value is -1.71. The standard InChI is InChI=1S/C16H16BrN3O3S2/c1-20-8-3-6-14(20)19-25(22,23)12-5-2-4-11(10-12)18-16(21)15-13(17)7-9-24-15/h2,4-5,7,9-10H,3,6,8H2,1H3,(H,18,21). The number of thiophene rings is 1. The maximum Gasteiger partial charge on any atom is 0.284 e. The number of hydrogen-bond acceptors (Lipinski definition) is 4. The highest BCUT2D eigenvalue weighted by Crippen LogP contribution is 2.25. The lowest BCUT2D eigenvalue weighted by Gasteiger charge is -2.11. The summed E-state index contributed by atoms with van der Waals surface area (Å²) in [6, 6.07) is 7.92. The first kappa shape index (κ1) is 18.1. The Morgan fingerprint density at radius 3 is 2.80 bits per heavy atom. The van der Waals surface area contributed by atoms with Gasteiger partial charge in [0.1, 0.15) is 10.7 Å². The molecule has 0 atom stereocenters. The molecule has 1 aromatic heterocycles. The number of rotatable bonds is 4. The number of amides is 1. The number of hydrogen-bond donors (Lipinski definition) is 1. The van der Waals surface area contributed by atoms with E-state index in [9.17, 15) is 13.2 Å². The van der Waals surface area contributed by atoms with Crippen LogP contribution in [0.15, 0.2) is 49.5 Å². The number of nitrogens with zero attached hydrogens (tertiary/aromatic N) is 2. The first-order valence-corrected chi connectivity index (χ1v) is 10.7. The van der Waals surface area contributed by atoms with E-state index in [4.69, 9.17) is 0 Å². The van der Waals surface area contributed by atoms with Crippen molar-refractivity contribution in [3.05, 3.63) is 45.1 Å². The van der Waals surface area contributed by atoms with Gasteiger partial charge in [0.05, 0.1) is 4.90 Å². The van der Waals surface area contributed by atoms with E-state index in [0.717, 1.165) is 13.0 Å². The number of nitrogens with one attached hydrogen (secondary N) is 1. The van der Waals surface area contributed by atoms with E-state index in [0.29, 0.717) is 27.3 Å². The molecule has 0 spiro atoms. The van der Waals surface area contributed by atoms with Gasteiger partial charge in [0.2, 0.25) is 0 Å². The van der Waals surface area contributed by atoms with Crippen LogP contribution in [-0.2, 0) is 10.0 Å². The molecule has 6 nitrogen and oxygen atoms in total. The molecule has 0 radical (unpaired) electrons. The summed E-state index contributed by atoms with van der Waals surface area (Å²) in [7, 11) is -1.98. The van der Waals surface area contributed by atoms with E-state index in [2.05, 4.69) is 25.6 Å². The molecule has 1 amide bonds. The van der Waals surface area contributed by atoms with Crippen LogP contribution in [0.5, 0.6) is 0 Å². The van der Waals surface area contributed by atoms with Crippen LogP contribution in [0.25, 0.3) is 0 Å². The van der Waals surface area contributed by atoms with Gasteiger partial charge in [-0.25, -0.2) is 0 Å². The highest BCUT2D eigenvalue weighted by Gasteiger charge is 2.21. The predicted molar refractivity (Wildman–Crippen MR) is 103 cm³/mol. The van der Waals surface area contributed by atoms with Gasteiger partial charge in [-0.1, -0.05) is 6.07 Å². The molecule has 132 valence electrons. The molecule has 0 unspecified atom stereocenters. The second-order valence-electron chi connectivity index (χ2n) is 5.59. The summed E-state index contributed by atoms with van der Waals surface area (Å²) in [5, 5.41) is 4.52. The molecular formula is C16H16BrN3O3S2. The molecular weight excluding hydrogens is 426 g/mol. The number of amidine groups is 1. The number of likely N-dealkylation sites (tertiary alicyclic amines) is 1. The molecule has 1 fully saturated rings. The highest BCUT2D eigenvalue weighted by molar-refractivity contribution is 9.10. The second-order valence-corrected chi connectivity index (χ2v) is 8.96. The van der Waals surface area contributed by atoms with Crippen molar-refractivity contribution in [3.63, 3.8) is 0 Å². The second kappa shape index (κ2) is 7.27. The lowest BCUT2D eigenvalue weighted by Crippen LogP contribution is -2.20. The van der Waals surface area contributed by atoms with Gasteiger partial charge in [-0.05, 0) is 52.0 Å². The third-order valence-corrected chi connectivity index (χ3v) is 6.91. The fourth-order valence-electron chi connectivity index (χ4n) is 2.48. The third-order valence-electron chi connectivity index (χ3n) is 3.77. The number of carbonyl (C=O) groups excluding carboxylic acids is 1. The van der Waals surface area contributed by atoms with Gasteiger partial charge in [0.15, 0.2) is 0 Å². The lowest BCUT2D eigenvalue weighted by molar-refractivity contribution is 0.103. The van der Waals surface area contributed by atoms with Gasteiger partial charge in [-0.15, -0.1) is 15.7 Å². The largest absolute Gasteiger partial charge is 0.362 e. The summed E-state index contributed by atoms with van der Waals surface area (Å²) in [5.41, 5.74) is 0.409. The molecule has 0 bridgehead atoms. The van der Waals surface area contributed by atoms with Crippen LogP contribution < -0.4 is 5.32 Å². The minimum atomic E-state index is -3.81. The van der Waals surface area contributed by atoms with Crippen molar-refractivity contribution in [1.82, 2.24) is 4.90 Å². The van der Waals surface area contributed by atoms with Crippen LogP contribution in [0.3, 0.4) is 0 Å². The van der Waals surface area contributed by atoms with E-state index in [1.807, 2.05) is 11.9 Å². The van der Waals surface area contributed by atoms with Gasteiger partial charge in [0.25, 0.3) is 15.9 Å². The van der Waals surface area contributed by atoms with Crippen molar-refractivity contribution in [3.8, 4) is 0 Å². The maximum atomic E-state index is 12.5. The summed E-state index contributed by atoms with van der Waals surface area (Å²) >= 11 is 4.62. The topological polar surface area (TPSA) is 78.8 Å². The van der Waals surface area contributed by atoms with Crippen molar-refractivity contribution in [2.45, 2.75) is 17.7 Å². The minimum absolute atomic E-state index is 0.0587. The molecule has 25 heavy (non-hydrogen) atoms. The Morgan fingerprint density at radius 1 is 1.36 bits per heavy atom. The number of anilines is 1. The predicted octanol–water partition coefficient (Wildman–Crippen LogP) is 3.58. The molecule has 1 aromatic carbocycles. The van der Waals surface area contributed by atoms with Crippen molar-refractivity contribution in [2.75, 3.05) is 18.9 Å². The Bertz CT molecular complexity index is 938. The summed E-state index contributed by atoms with van der Waals surface area (Å²) in [6.45, 7) is 0.806. The first-order valence-electron chi connectivity index (χ1n) is 7.56. The average Bonchev–Trinajstić information content (AvgIpc) is 3.16. The smallest absolute Gasteiger partial charge is 0.284 e. The summed E-state index contributed by atoms with van der Waals surface area (Å²) in [6.07, 6.45) is 1.55. The molecule has 0 aliphatic carbocycles. The van der Waals surface area contributed by atoms with Crippen LogP contribution in [0.1, 0.15) is 22.5 Å². The molecule has 0 saturated carbocycles. The average molecular weight is 442 g/mol. The van der Waals surface area contributed by atoms with E-state index in [1.54, 1.807) is 23.6 Å². The molecule has 1 aliphatic heterocycles. The zero-order valence-electron chi connectivity index (χ0n) is 13.4. The van der Waals surface area contributed by atoms with Crippen LogP contribution in [0.4, 0.5) is 5.69 Å². The molecule has 1 aliphatic rings. The summed E-state index contributed by atoms with van der Waals surface area (Å²) in [5.74, 6) is 0.273. The molecule has 1 saturated heterocycles. The van der Waals surface area contributed by atoms with E-state index in [-0.39, 0.29) is 10.8 Å². The Balaban J connectivity index is 1.84. The van der Waals surface area contributed by atoms with E-state index in [1.165, 1.54) is 23.5 Å². The first-order chi connectivity index (χ1) is 11.9. The molecule has 2 aromatic rings. The monoisotopic (exact) mass is 441 g/mol. The number of sulfonamides is 1. The zero-order valence-corrected chi connectivity index (χ0v) is 16.6. The van der Waals surface area contributed by atoms with Crippen LogP contribution in [-0.4, -0.2) is 38.7 Å². The fourth-order valence-corrected chi connectivity index (χ4v) is 5.07. The minimum Gasteiger partial charge on any atom is -0.362 e. The van der Waals surface area contributed by atoms with Crippen LogP contribution in [0, 0.1) is 0 Å². The third kappa shape index (κ3) is 4.10. The van der Waals surface area contributed by atoms with E-state index >= 15 is 0 Å². The quantitative estimate of drug-likeness (QED) is 0.785. The summed E-state index contributed by atoms with van der Waals surface area (Å²) in [4.78, 5) is 14.7. The Morgan fingerprint density at radius 2 is 2.16 bits per heavy atom. The Kier molecular flexibility index (Phi) is 5.26. The van der Waals surface area contributed by atoms with Crippen molar-refractivity contribution in [2.24, 2.45) is 4.40 Å². The van der Waals surface area contributed by atoms with Gasteiger partial charge in [-0.2, -0.15) is 8.42 Å². The van der Waals surface area contributed by atoms with E-state index < -0.39 is 10.0 Å². The lowest BCUT2D eigenvalue weighted by atomic mass is 10.3. The van der Waals surface area contributed by atoms with Gasteiger partial charge >= 0.3 is 0 Å². The van der Waals surface area contributed by atoms with Gasteiger partial charge in [-0.3, -0.25) is 4.79 Å². The number of carbonyl (C=O) groups is 1. The normalized spacial score (nSPS) is 16.4. The molecule has 2 heterocycles. The highest BCUT2D eigenvalue weighted by atomic mass is 79.9. The molecule has 3 rings (SSSR count). The van der Waals surface area contributed by atoms with Gasteiger partial charge in [0, 0.05) is 30.2 Å². The van der Waals surface area contributed by atoms with Crippen LogP contribution >= 0.6 is 27.3 Å². The van der Waals surface area contributed by atoms with Crippen molar-refractivity contribution < 1.29 is 13.2 Å². The Labute approximate surface area is 158 Å². The molecule has 1 N–H and O–H groups in total. The van der Waals surface area contributed by atoms with Crippen molar-refractivity contribution in [1.29, 1.82) is 0 Å². The SMILES string of the molecule is CN1CCCC1=NS(=O)(=O)c1cccc(NC(=O)c2sccc2Br)c1. The molecule has 9 heteroatoms. The number of benzene rings is 1. The fraction of sp³-hybridized carbons (Fsp3) is 0.250. The van der Waals surface area contributed by atoms with Crippen LogP contribution in [0.2, 0.25) is 0 Å². The van der Waals surface area contributed by atoms with Crippen molar-refractivity contribution >= 4 is 54.7 Å². The summed E-state index contributed by atoms with van der Waals surface area (Å²) < 4.78 is 29.7.